The molecule has 3 rings (SSSR count). The Bertz CT molecular complexity index is 875. The van der Waals surface area contributed by atoms with Crippen LogP contribution in [-0.4, -0.2) is 56.7 Å². The Labute approximate surface area is 175 Å². The van der Waals surface area contributed by atoms with Crippen molar-refractivity contribution in [1.29, 1.82) is 0 Å². The second-order valence-electron chi connectivity index (χ2n) is 6.56. The van der Waals surface area contributed by atoms with Gasteiger partial charge in [0.05, 0.1) is 7.11 Å². The van der Waals surface area contributed by atoms with Gasteiger partial charge in [-0.15, -0.1) is 0 Å². The molecule has 0 bridgehead atoms. The van der Waals surface area contributed by atoms with Crippen LogP contribution in [0.1, 0.15) is 5.56 Å². The van der Waals surface area contributed by atoms with E-state index in [4.69, 9.17) is 21.1 Å². The smallest absolute Gasteiger partial charge is 0.331 e. The summed E-state index contributed by atoms with van der Waals surface area (Å²) in [6, 6.07) is 15.0. The van der Waals surface area contributed by atoms with Gasteiger partial charge in [-0.05, 0) is 48.0 Å². The summed E-state index contributed by atoms with van der Waals surface area (Å²) >= 11 is 5.90. The second-order valence-corrected chi connectivity index (χ2v) is 7.00. The number of ether oxygens (including phenoxy) is 2. The number of hydrogen-bond acceptors (Lipinski definition) is 5. The number of halogens is 1. The number of rotatable bonds is 6. The molecule has 0 aliphatic carbocycles. The van der Waals surface area contributed by atoms with E-state index in [1.165, 1.54) is 6.08 Å². The maximum atomic E-state index is 12.3. The molecule has 0 atom stereocenters. The molecule has 1 heterocycles. The molecule has 0 unspecified atom stereocenters. The molecular formula is C22H23ClN2O4. The van der Waals surface area contributed by atoms with Crippen molar-refractivity contribution in [2.24, 2.45) is 0 Å². The quantitative estimate of drug-likeness (QED) is 0.536. The lowest BCUT2D eigenvalue weighted by atomic mass is 10.2. The summed E-state index contributed by atoms with van der Waals surface area (Å²) in [5.74, 6) is 0.0628. The summed E-state index contributed by atoms with van der Waals surface area (Å²) in [7, 11) is 1.64. The number of methoxy groups -OCH3 is 1. The number of amides is 1. The molecule has 1 amide bonds. The lowest BCUT2D eigenvalue weighted by Gasteiger charge is -2.36. The zero-order valence-corrected chi connectivity index (χ0v) is 17.0. The number of piperazine rings is 1. The maximum absolute atomic E-state index is 12.3. The van der Waals surface area contributed by atoms with Crippen molar-refractivity contribution in [2.75, 3.05) is 44.8 Å². The third kappa shape index (κ3) is 5.99. The van der Waals surface area contributed by atoms with Crippen molar-refractivity contribution >= 4 is 35.2 Å². The third-order valence-corrected chi connectivity index (χ3v) is 4.90. The highest BCUT2D eigenvalue weighted by Gasteiger charge is 2.22. The van der Waals surface area contributed by atoms with Crippen LogP contribution < -0.4 is 9.64 Å². The maximum Gasteiger partial charge on any atom is 0.331 e. The highest BCUT2D eigenvalue weighted by Crippen LogP contribution is 2.20. The predicted octanol–water partition coefficient (Wildman–Crippen LogP) is 3.25. The van der Waals surface area contributed by atoms with Crippen LogP contribution in [0.15, 0.2) is 54.6 Å². The van der Waals surface area contributed by atoms with Gasteiger partial charge in [-0.3, -0.25) is 4.79 Å². The second kappa shape index (κ2) is 9.98. The molecule has 0 N–H and O–H groups in total. The molecule has 1 aliphatic rings. The standard InChI is InChI=1S/C22H23ClN2O4/c1-28-20-8-6-19(7-9-20)24-11-13-25(14-12-24)21(26)16-29-22(27)10-5-17-3-2-4-18(23)15-17/h2-10,15H,11-14,16H2,1H3/b10-5+. The number of nitrogens with zero attached hydrogens (tertiary/aromatic N) is 2. The Kier molecular flexibility index (Phi) is 7.14. The SMILES string of the molecule is COc1ccc(N2CCN(C(=O)COC(=O)/C=C/c3cccc(Cl)c3)CC2)cc1. The Hall–Kier alpha value is -2.99. The fraction of sp³-hybridized carbons (Fsp3) is 0.273. The molecule has 2 aromatic rings. The van der Waals surface area contributed by atoms with E-state index in [0.29, 0.717) is 18.1 Å². The first-order chi connectivity index (χ1) is 14.0. The van der Waals surface area contributed by atoms with E-state index in [1.54, 1.807) is 36.3 Å². The van der Waals surface area contributed by atoms with Gasteiger partial charge in [-0.2, -0.15) is 0 Å². The topological polar surface area (TPSA) is 59.1 Å². The average Bonchev–Trinajstić information content (AvgIpc) is 2.76. The fourth-order valence-electron chi connectivity index (χ4n) is 3.05. The van der Waals surface area contributed by atoms with Crippen molar-refractivity contribution < 1.29 is 19.1 Å². The lowest BCUT2D eigenvalue weighted by Crippen LogP contribution is -2.49. The zero-order chi connectivity index (χ0) is 20.6. The Balaban J connectivity index is 1.42. The summed E-state index contributed by atoms with van der Waals surface area (Å²) < 4.78 is 10.2. The number of carbonyl (C=O) groups excluding carboxylic acids is 2. The van der Waals surface area contributed by atoms with Crippen LogP contribution in [0.4, 0.5) is 5.69 Å². The van der Waals surface area contributed by atoms with Gasteiger partial charge in [0, 0.05) is 43.0 Å². The van der Waals surface area contributed by atoms with E-state index < -0.39 is 5.97 Å². The normalized spacial score (nSPS) is 14.1. The third-order valence-electron chi connectivity index (χ3n) is 4.67. The van der Waals surface area contributed by atoms with Gasteiger partial charge in [0.25, 0.3) is 5.91 Å². The van der Waals surface area contributed by atoms with E-state index in [0.717, 1.165) is 30.1 Å². The molecule has 152 valence electrons. The van der Waals surface area contributed by atoms with Gasteiger partial charge < -0.3 is 19.3 Å². The number of esters is 1. The minimum absolute atomic E-state index is 0.191. The number of benzene rings is 2. The molecule has 1 fully saturated rings. The first-order valence-electron chi connectivity index (χ1n) is 9.32. The molecule has 0 radical (unpaired) electrons. The largest absolute Gasteiger partial charge is 0.497 e. The van der Waals surface area contributed by atoms with Gasteiger partial charge in [0.2, 0.25) is 0 Å². The van der Waals surface area contributed by atoms with Gasteiger partial charge in [-0.25, -0.2) is 4.79 Å². The van der Waals surface area contributed by atoms with Gasteiger partial charge >= 0.3 is 5.97 Å². The van der Waals surface area contributed by atoms with Crippen LogP contribution in [0.5, 0.6) is 5.75 Å². The molecule has 1 aliphatic heterocycles. The van der Waals surface area contributed by atoms with Crippen LogP contribution in [0.25, 0.3) is 6.08 Å². The molecule has 0 spiro atoms. The van der Waals surface area contributed by atoms with Gasteiger partial charge in [0.15, 0.2) is 6.61 Å². The molecule has 1 saturated heterocycles. The summed E-state index contributed by atoms with van der Waals surface area (Å²) in [6.45, 7) is 2.35. The van der Waals surface area contributed by atoms with Crippen LogP contribution in [0.3, 0.4) is 0 Å². The number of hydrogen-bond donors (Lipinski definition) is 0. The molecule has 2 aromatic carbocycles. The van der Waals surface area contributed by atoms with Crippen LogP contribution in [0.2, 0.25) is 5.02 Å². The Morgan fingerprint density at radius 2 is 1.79 bits per heavy atom. The van der Waals surface area contributed by atoms with Crippen molar-refractivity contribution in [3.05, 3.63) is 65.2 Å². The minimum atomic E-state index is -0.560. The molecule has 0 aromatic heterocycles. The Morgan fingerprint density at radius 1 is 1.07 bits per heavy atom. The molecule has 7 heteroatoms. The fourth-order valence-corrected chi connectivity index (χ4v) is 3.25. The molecule has 29 heavy (non-hydrogen) atoms. The van der Waals surface area contributed by atoms with Crippen molar-refractivity contribution in [3.63, 3.8) is 0 Å². The van der Waals surface area contributed by atoms with E-state index >= 15 is 0 Å². The summed E-state index contributed by atoms with van der Waals surface area (Å²) in [4.78, 5) is 28.1. The lowest BCUT2D eigenvalue weighted by molar-refractivity contribution is -0.148. The first kappa shape index (κ1) is 20.7. The summed E-state index contributed by atoms with van der Waals surface area (Å²) in [5, 5.41) is 0.587. The zero-order valence-electron chi connectivity index (χ0n) is 16.2. The minimum Gasteiger partial charge on any atom is -0.497 e. The summed E-state index contributed by atoms with van der Waals surface area (Å²) in [6.07, 6.45) is 2.90. The van der Waals surface area contributed by atoms with Crippen LogP contribution in [-0.2, 0) is 14.3 Å². The molecule has 0 saturated carbocycles. The Morgan fingerprint density at radius 3 is 2.45 bits per heavy atom. The summed E-state index contributed by atoms with van der Waals surface area (Å²) in [5.41, 5.74) is 1.88. The van der Waals surface area contributed by atoms with Crippen molar-refractivity contribution in [2.45, 2.75) is 0 Å². The van der Waals surface area contributed by atoms with E-state index in [-0.39, 0.29) is 12.5 Å². The highest BCUT2D eigenvalue weighted by molar-refractivity contribution is 6.30. The van der Waals surface area contributed by atoms with Crippen molar-refractivity contribution in [1.82, 2.24) is 4.90 Å². The van der Waals surface area contributed by atoms with Crippen LogP contribution >= 0.6 is 11.6 Å². The van der Waals surface area contributed by atoms with Gasteiger partial charge in [-0.1, -0.05) is 23.7 Å². The molecular weight excluding hydrogens is 392 g/mol. The highest BCUT2D eigenvalue weighted by atomic mass is 35.5. The number of carbonyl (C=O) groups is 2. The average molecular weight is 415 g/mol. The molecule has 6 nitrogen and oxygen atoms in total. The van der Waals surface area contributed by atoms with Crippen molar-refractivity contribution in [3.8, 4) is 5.75 Å². The first-order valence-corrected chi connectivity index (χ1v) is 9.70. The van der Waals surface area contributed by atoms with Crippen LogP contribution in [0, 0.1) is 0 Å². The van der Waals surface area contributed by atoms with E-state index in [1.807, 2.05) is 30.3 Å². The van der Waals surface area contributed by atoms with E-state index in [9.17, 15) is 9.59 Å². The van der Waals surface area contributed by atoms with E-state index in [2.05, 4.69) is 4.90 Å². The monoisotopic (exact) mass is 414 g/mol. The van der Waals surface area contributed by atoms with Gasteiger partial charge in [0.1, 0.15) is 5.75 Å². The predicted molar refractivity (Wildman–Crippen MR) is 113 cm³/mol. The number of anilines is 1.